The minimum atomic E-state index is -1.74. The average Bonchev–Trinajstić information content (AvgIpc) is 3.37. The number of hydrogen-bond donors (Lipinski definition) is 0. The van der Waals surface area contributed by atoms with Crippen molar-refractivity contribution >= 4 is 14.0 Å². The molecule has 0 N–H and O–H groups in total. The third-order valence-corrected chi connectivity index (χ3v) is 12.0. The van der Waals surface area contributed by atoms with Gasteiger partial charge in [0.1, 0.15) is 0 Å². The molecule has 7 unspecified atom stereocenters. The third-order valence-electron chi connectivity index (χ3n) is 8.68. The second-order valence-corrected chi connectivity index (χ2v) is 14.7. The highest BCUT2D eigenvalue weighted by atomic mass is 28.4. The average molecular weight is 396 g/mol. The van der Waals surface area contributed by atoms with Crippen molar-refractivity contribution in [2.45, 2.75) is 82.7 Å². The van der Waals surface area contributed by atoms with Gasteiger partial charge in [-0.05, 0) is 74.2 Å². The van der Waals surface area contributed by atoms with Crippen molar-refractivity contribution in [2.24, 2.45) is 23.7 Å². The van der Waals surface area contributed by atoms with Crippen LogP contribution in [-0.4, -0.2) is 20.5 Å². The fraction of sp³-hybridized carbons (Fsp3) is 0.680. The smallest absolute Gasteiger partial charge is 0.190 e. The minimum Gasteiger partial charge on any atom is -0.414 e. The van der Waals surface area contributed by atoms with E-state index in [9.17, 15) is 0 Å². The Balaban J connectivity index is 1.28. The molecule has 3 fully saturated rings. The van der Waals surface area contributed by atoms with Crippen molar-refractivity contribution in [3.8, 4) is 0 Å². The lowest BCUT2D eigenvalue weighted by Crippen LogP contribution is -2.43. The molecule has 5 rings (SSSR count). The Morgan fingerprint density at radius 2 is 1.79 bits per heavy atom. The molecular weight excluding hydrogens is 358 g/mol. The predicted octanol–water partition coefficient (Wildman–Crippen LogP) is 6.61. The predicted molar refractivity (Wildman–Crippen MR) is 120 cm³/mol. The molecular formula is C25H37NOSi. The fourth-order valence-corrected chi connectivity index (χ4v) is 10.6. The zero-order valence-electron chi connectivity index (χ0n) is 17.9. The summed E-state index contributed by atoms with van der Waals surface area (Å²) in [6.45, 7) is 7.54. The van der Waals surface area contributed by atoms with E-state index >= 15 is 0 Å². The molecule has 1 aromatic carbocycles. The second kappa shape index (κ2) is 7.32. The maximum Gasteiger partial charge on any atom is 0.190 e. The van der Waals surface area contributed by atoms with Gasteiger partial charge in [0.05, 0.1) is 0 Å². The lowest BCUT2D eigenvalue weighted by Gasteiger charge is -2.37. The van der Waals surface area contributed by atoms with E-state index in [4.69, 9.17) is 4.43 Å². The minimum absolute atomic E-state index is 0.532. The summed E-state index contributed by atoms with van der Waals surface area (Å²) >= 11 is 0. The Morgan fingerprint density at radius 1 is 1.00 bits per heavy atom. The Bertz CT molecular complexity index is 717. The van der Waals surface area contributed by atoms with E-state index in [-0.39, 0.29) is 0 Å². The molecule has 28 heavy (non-hydrogen) atoms. The molecule has 0 bridgehead atoms. The number of fused-ring (bicyclic) bond motifs is 2. The van der Waals surface area contributed by atoms with E-state index in [1.807, 2.05) is 0 Å². The summed E-state index contributed by atoms with van der Waals surface area (Å²) < 4.78 is 7.12. The number of para-hydroxylation sites is 1. The quantitative estimate of drug-likeness (QED) is 0.532. The van der Waals surface area contributed by atoms with Crippen LogP contribution in [0, 0.1) is 23.7 Å². The van der Waals surface area contributed by atoms with Crippen molar-refractivity contribution in [1.29, 1.82) is 0 Å². The highest BCUT2D eigenvalue weighted by molar-refractivity contribution is 6.73. The van der Waals surface area contributed by atoms with Crippen LogP contribution in [0.15, 0.2) is 42.6 Å². The standard InChI is InChI=1S/C25H37NOSi/c1-18-21-12-8-7-9-19(21)17-24(18)27-28(2,3)25-14-13-23-22(25)15-16-26(23)20-10-5-4-6-11-20/h4-6,10-11,15-16,18-19,21-25H,7-9,12-14,17H2,1-3H3. The highest BCUT2D eigenvalue weighted by Gasteiger charge is 2.51. The third kappa shape index (κ3) is 3.19. The molecule has 4 aliphatic rings. The van der Waals surface area contributed by atoms with Crippen molar-refractivity contribution in [3.63, 3.8) is 0 Å². The van der Waals surface area contributed by atoms with Gasteiger partial charge in [-0.2, -0.15) is 0 Å². The van der Waals surface area contributed by atoms with Crippen molar-refractivity contribution in [3.05, 3.63) is 42.6 Å². The largest absolute Gasteiger partial charge is 0.414 e. The van der Waals surface area contributed by atoms with Gasteiger partial charge in [0.25, 0.3) is 0 Å². The summed E-state index contributed by atoms with van der Waals surface area (Å²) in [5.74, 6) is 3.35. The number of nitrogens with zero attached hydrogens (tertiary/aromatic N) is 1. The first-order valence-corrected chi connectivity index (χ1v) is 14.7. The van der Waals surface area contributed by atoms with Crippen LogP contribution >= 0.6 is 0 Å². The van der Waals surface area contributed by atoms with Crippen LogP contribution in [0.5, 0.6) is 0 Å². The molecule has 1 heterocycles. The lowest BCUT2D eigenvalue weighted by atomic mass is 9.79. The SMILES string of the molecule is CC1C(O[Si](C)(C)C2CCC3C2C=CN3c2ccccc2)CC2CCCCC21. The van der Waals surface area contributed by atoms with E-state index in [1.165, 1.54) is 50.6 Å². The van der Waals surface area contributed by atoms with Crippen LogP contribution < -0.4 is 4.90 Å². The van der Waals surface area contributed by atoms with E-state index in [0.717, 1.165) is 23.3 Å². The van der Waals surface area contributed by atoms with Crippen LogP contribution in [0.2, 0.25) is 18.6 Å². The summed E-state index contributed by atoms with van der Waals surface area (Å²) in [5.41, 5.74) is 2.11. The Kier molecular flexibility index (Phi) is 4.95. The second-order valence-electron chi connectivity index (χ2n) is 10.5. The Labute approximate surface area is 172 Å². The van der Waals surface area contributed by atoms with E-state index in [2.05, 4.69) is 67.5 Å². The van der Waals surface area contributed by atoms with Crippen LogP contribution in [0.1, 0.15) is 51.9 Å². The number of anilines is 1. The van der Waals surface area contributed by atoms with Crippen LogP contribution in [0.25, 0.3) is 0 Å². The normalized spacial score (nSPS) is 40.0. The summed E-state index contributed by atoms with van der Waals surface area (Å²) in [4.78, 5) is 2.53. The van der Waals surface area contributed by atoms with Crippen molar-refractivity contribution in [1.82, 2.24) is 0 Å². The summed E-state index contributed by atoms with van der Waals surface area (Å²) in [5, 5.41) is 0. The van der Waals surface area contributed by atoms with Gasteiger partial charge >= 0.3 is 0 Å². The zero-order chi connectivity index (χ0) is 19.3. The van der Waals surface area contributed by atoms with E-state index in [1.54, 1.807) is 0 Å². The molecule has 2 nitrogen and oxygen atoms in total. The van der Waals surface area contributed by atoms with Gasteiger partial charge in [-0.3, -0.25) is 0 Å². The summed E-state index contributed by atoms with van der Waals surface area (Å²) in [6, 6.07) is 11.6. The van der Waals surface area contributed by atoms with E-state index < -0.39 is 8.32 Å². The first-order valence-electron chi connectivity index (χ1n) is 11.7. The van der Waals surface area contributed by atoms with Crippen LogP contribution in [0.4, 0.5) is 5.69 Å². The first kappa shape index (κ1) is 18.9. The number of rotatable bonds is 4. The molecule has 0 aromatic heterocycles. The van der Waals surface area contributed by atoms with Gasteiger partial charge in [0, 0.05) is 30.0 Å². The van der Waals surface area contributed by atoms with Crippen molar-refractivity contribution in [2.75, 3.05) is 4.90 Å². The number of benzene rings is 1. The van der Waals surface area contributed by atoms with Gasteiger partial charge in [-0.15, -0.1) is 0 Å². The van der Waals surface area contributed by atoms with Gasteiger partial charge in [-0.25, -0.2) is 0 Å². The van der Waals surface area contributed by atoms with Crippen molar-refractivity contribution < 1.29 is 4.43 Å². The zero-order valence-corrected chi connectivity index (χ0v) is 18.9. The van der Waals surface area contributed by atoms with Gasteiger partial charge < -0.3 is 9.33 Å². The monoisotopic (exact) mass is 395 g/mol. The molecule has 0 saturated heterocycles. The maximum absolute atomic E-state index is 7.12. The molecule has 3 saturated carbocycles. The van der Waals surface area contributed by atoms with E-state index in [0.29, 0.717) is 18.1 Å². The van der Waals surface area contributed by atoms with Gasteiger partial charge in [0.2, 0.25) is 0 Å². The molecule has 1 aliphatic heterocycles. The molecule has 1 aromatic rings. The summed E-state index contributed by atoms with van der Waals surface area (Å²) in [7, 11) is -1.74. The molecule has 7 atom stereocenters. The lowest BCUT2D eigenvalue weighted by molar-refractivity contribution is 0.135. The molecule has 152 valence electrons. The van der Waals surface area contributed by atoms with Gasteiger partial charge in [-0.1, -0.05) is 50.5 Å². The fourth-order valence-electron chi connectivity index (χ4n) is 7.22. The first-order chi connectivity index (χ1) is 13.5. The molecule has 0 spiro atoms. The highest BCUT2D eigenvalue weighted by Crippen LogP contribution is 2.53. The Morgan fingerprint density at radius 3 is 2.57 bits per heavy atom. The Hall–Kier alpha value is -1.06. The van der Waals surface area contributed by atoms with Crippen LogP contribution in [0.3, 0.4) is 0 Å². The van der Waals surface area contributed by atoms with Crippen LogP contribution in [-0.2, 0) is 4.43 Å². The molecule has 3 aliphatic carbocycles. The number of hydrogen-bond acceptors (Lipinski definition) is 2. The molecule has 3 heteroatoms. The molecule has 0 radical (unpaired) electrons. The molecule has 0 amide bonds. The summed E-state index contributed by atoms with van der Waals surface area (Å²) in [6.07, 6.45) is 15.2. The van der Waals surface area contributed by atoms with Gasteiger partial charge in [0.15, 0.2) is 8.32 Å². The maximum atomic E-state index is 7.12. The topological polar surface area (TPSA) is 12.5 Å².